The Morgan fingerprint density at radius 1 is 1.15 bits per heavy atom. The van der Waals surface area contributed by atoms with E-state index in [0.29, 0.717) is 11.2 Å². The van der Waals surface area contributed by atoms with Crippen molar-refractivity contribution in [2.75, 3.05) is 0 Å². The van der Waals surface area contributed by atoms with Crippen molar-refractivity contribution in [1.29, 1.82) is 0 Å². The molecule has 4 nitrogen and oxygen atoms in total. The van der Waals surface area contributed by atoms with Gasteiger partial charge < -0.3 is 0 Å². The predicted molar refractivity (Wildman–Crippen MR) is 144 cm³/mol. The van der Waals surface area contributed by atoms with E-state index in [2.05, 4.69) is 66.7 Å². The number of nitrogens with zero attached hydrogens (tertiary/aromatic N) is 2. The van der Waals surface area contributed by atoms with E-state index in [4.69, 9.17) is 4.43 Å². The van der Waals surface area contributed by atoms with E-state index in [0.717, 1.165) is 11.3 Å². The summed E-state index contributed by atoms with van der Waals surface area (Å²) in [7, 11) is -2.02. The van der Waals surface area contributed by atoms with E-state index in [9.17, 15) is 4.79 Å². The summed E-state index contributed by atoms with van der Waals surface area (Å²) in [5.74, 6) is 6.34. The Hall–Kier alpha value is -2.16. The number of hydrogen-bond acceptors (Lipinski definition) is 3. The molecule has 1 amide bonds. The monoisotopic (exact) mass is 539 g/mol. The summed E-state index contributed by atoms with van der Waals surface area (Å²) in [6.45, 7) is 15.2. The van der Waals surface area contributed by atoms with E-state index in [1.807, 2.05) is 68.4 Å². The van der Waals surface area contributed by atoms with E-state index < -0.39 is 8.32 Å². The zero-order valence-electron chi connectivity index (χ0n) is 21.3. The molecule has 2 aromatic carbocycles. The molecule has 1 saturated heterocycles. The molecule has 0 spiro atoms. The summed E-state index contributed by atoms with van der Waals surface area (Å²) >= 11 is 3.02. The van der Waals surface area contributed by atoms with Gasteiger partial charge in [0.2, 0.25) is 0 Å². The second-order valence-electron chi connectivity index (χ2n) is 10.5. The Morgan fingerprint density at radius 2 is 1.76 bits per heavy atom. The number of carbonyl (C=O) groups excluding carboxylic acids is 1. The normalized spacial score (nSPS) is 19.8. The van der Waals surface area contributed by atoms with Gasteiger partial charge in [-0.1, -0.05) is 0 Å². The van der Waals surface area contributed by atoms with Gasteiger partial charge in [0.15, 0.2) is 0 Å². The number of amides is 1. The molecule has 0 aliphatic carbocycles. The van der Waals surface area contributed by atoms with Crippen LogP contribution >= 0.6 is 0 Å². The van der Waals surface area contributed by atoms with Crippen molar-refractivity contribution in [3.8, 4) is 11.8 Å². The van der Waals surface area contributed by atoms with Crippen LogP contribution in [-0.4, -0.2) is 52.0 Å². The number of likely N-dealkylation sites (tertiary alicyclic amines) is 1. The summed E-state index contributed by atoms with van der Waals surface area (Å²) < 4.78 is 7.20. The van der Waals surface area contributed by atoms with Crippen LogP contribution in [0.4, 0.5) is 5.69 Å². The number of aryl methyl sites for hydroxylation is 1. The molecule has 1 heterocycles. The van der Waals surface area contributed by atoms with Crippen LogP contribution in [0.25, 0.3) is 0 Å². The van der Waals surface area contributed by atoms with Crippen molar-refractivity contribution in [3.05, 3.63) is 65.7 Å². The number of benzene rings is 2. The molecule has 3 atom stereocenters. The molecule has 0 bridgehead atoms. The summed E-state index contributed by atoms with van der Waals surface area (Å²) in [6, 6.07) is 17.8. The van der Waals surface area contributed by atoms with Crippen molar-refractivity contribution in [2.24, 2.45) is 10.9 Å². The topological polar surface area (TPSA) is 41.9 Å². The van der Waals surface area contributed by atoms with Gasteiger partial charge in [0.05, 0.1) is 0 Å². The number of amidine groups is 1. The van der Waals surface area contributed by atoms with Crippen LogP contribution in [0.3, 0.4) is 0 Å². The van der Waals surface area contributed by atoms with Crippen LogP contribution in [0.2, 0.25) is 18.1 Å². The minimum absolute atomic E-state index is 0.0438. The zero-order valence-corrected chi connectivity index (χ0v) is 24.0. The molecule has 0 saturated carbocycles. The molecule has 3 rings (SSSR count). The van der Waals surface area contributed by atoms with Crippen LogP contribution in [0.5, 0.6) is 0 Å². The molecule has 0 N–H and O–H groups in total. The fourth-order valence-corrected chi connectivity index (χ4v) is 5.94. The third kappa shape index (κ3) is 6.09. The van der Waals surface area contributed by atoms with Gasteiger partial charge in [0, 0.05) is 0 Å². The van der Waals surface area contributed by atoms with Crippen molar-refractivity contribution in [3.63, 3.8) is 0 Å². The number of β-lactam (4-membered cyclic amide) rings is 1. The average Bonchev–Trinajstić information content (AvgIpc) is 2.74. The maximum atomic E-state index is 13.4. The molecule has 0 aromatic heterocycles. The molecule has 1 radical (unpaired) electrons. The van der Waals surface area contributed by atoms with Crippen molar-refractivity contribution < 1.29 is 9.22 Å². The Balaban J connectivity index is 1.85. The van der Waals surface area contributed by atoms with Gasteiger partial charge in [-0.05, 0) is 0 Å². The standard InChI is InChI=1S/C28H35N2O2SeSi/c1-20-16-18-23(19-17-20)29-27(33)30-24(15-11-14-22-12-9-8-10-13-22)25(26(30)31)21(2)32-34(6,7)28(3,4)5/h8-10,12-13,16-19,21,24-25H,15H2,1-7H3/t21-,24-,25-/m1/s1. The first-order chi connectivity index (χ1) is 15.9. The van der Waals surface area contributed by atoms with E-state index in [1.54, 1.807) is 4.90 Å². The van der Waals surface area contributed by atoms with Gasteiger partial charge >= 0.3 is 215 Å². The van der Waals surface area contributed by atoms with Crippen molar-refractivity contribution >= 4 is 40.7 Å². The molecule has 1 fully saturated rings. The van der Waals surface area contributed by atoms with Crippen LogP contribution < -0.4 is 0 Å². The predicted octanol–water partition coefficient (Wildman–Crippen LogP) is 5.83. The summed E-state index contributed by atoms with van der Waals surface area (Å²) in [4.78, 5) is 19.8. The van der Waals surface area contributed by atoms with E-state index in [1.165, 1.54) is 5.56 Å². The van der Waals surface area contributed by atoms with Gasteiger partial charge in [-0.2, -0.15) is 0 Å². The molecule has 1 aliphatic heterocycles. The number of carbonyl (C=O) groups is 1. The van der Waals surface area contributed by atoms with Crippen LogP contribution in [-0.2, 0) is 9.22 Å². The van der Waals surface area contributed by atoms with Crippen molar-refractivity contribution in [2.45, 2.75) is 71.3 Å². The molecule has 179 valence electrons. The SMILES string of the molecule is Cc1ccc(N=C([Se])N2C(=O)[C@H]([C@@H](C)O[Si](C)(C)C(C)(C)C)[C@H]2CC#Cc2ccccc2)cc1. The minimum atomic E-state index is -2.02. The van der Waals surface area contributed by atoms with Crippen molar-refractivity contribution in [1.82, 2.24) is 4.90 Å². The second kappa shape index (κ2) is 10.6. The number of aliphatic imine (C=N–C) groups is 1. The van der Waals surface area contributed by atoms with Gasteiger partial charge in [0.1, 0.15) is 0 Å². The van der Waals surface area contributed by atoms with Gasteiger partial charge in [0.25, 0.3) is 0 Å². The quantitative estimate of drug-likeness (QED) is 0.158. The molecule has 1 aliphatic rings. The maximum absolute atomic E-state index is 13.4. The first kappa shape index (κ1) is 26.4. The van der Waals surface area contributed by atoms with Gasteiger partial charge in [-0.3, -0.25) is 0 Å². The molecular formula is C28H35N2O2SeSi. The molecule has 34 heavy (non-hydrogen) atoms. The fraction of sp³-hybridized carbons (Fsp3) is 0.429. The van der Waals surface area contributed by atoms with E-state index in [-0.39, 0.29) is 29.0 Å². The van der Waals surface area contributed by atoms with Crippen LogP contribution in [0, 0.1) is 24.7 Å². The van der Waals surface area contributed by atoms with Gasteiger partial charge in [-0.15, -0.1) is 0 Å². The zero-order chi connectivity index (χ0) is 25.1. The molecule has 2 aromatic rings. The average molecular weight is 539 g/mol. The molecule has 0 unspecified atom stereocenters. The number of rotatable bonds is 5. The first-order valence-corrected chi connectivity index (χ1v) is 15.5. The third-order valence-electron chi connectivity index (χ3n) is 6.84. The molecule has 6 heteroatoms. The fourth-order valence-electron chi connectivity index (χ4n) is 3.81. The number of hydrogen-bond donors (Lipinski definition) is 0. The van der Waals surface area contributed by atoms with Crippen LogP contribution in [0.1, 0.15) is 45.2 Å². The Labute approximate surface area is 214 Å². The first-order valence-electron chi connectivity index (χ1n) is 11.8. The Morgan fingerprint density at radius 3 is 2.35 bits per heavy atom. The Kier molecular flexibility index (Phi) is 8.26. The van der Waals surface area contributed by atoms with Crippen LogP contribution in [0.15, 0.2) is 59.6 Å². The van der Waals surface area contributed by atoms with Gasteiger partial charge in [-0.25, -0.2) is 0 Å². The Bertz CT molecular complexity index is 1100. The summed E-state index contributed by atoms with van der Waals surface area (Å²) in [6.07, 6.45) is 0.380. The molecular weight excluding hydrogens is 503 g/mol. The second-order valence-corrected chi connectivity index (χ2v) is 16.0. The third-order valence-corrected chi connectivity index (χ3v) is 12.0. The summed E-state index contributed by atoms with van der Waals surface area (Å²) in [5, 5.41) is 0.0763. The van der Waals surface area contributed by atoms with E-state index >= 15 is 0 Å². The summed E-state index contributed by atoms with van der Waals surface area (Å²) in [5.41, 5.74) is 2.96.